The average molecular weight is 458 g/mol. The van der Waals surface area contributed by atoms with E-state index in [1.54, 1.807) is 20.0 Å². The van der Waals surface area contributed by atoms with Gasteiger partial charge in [-0.3, -0.25) is 13.9 Å². The topological polar surface area (TPSA) is 100 Å². The van der Waals surface area contributed by atoms with Crippen molar-refractivity contribution in [2.75, 3.05) is 5.32 Å². The minimum atomic E-state index is -0.646. The van der Waals surface area contributed by atoms with Crippen LogP contribution in [0, 0.1) is 6.92 Å². The molecule has 168 valence electrons. The second kappa shape index (κ2) is 7.43. The van der Waals surface area contributed by atoms with Gasteiger partial charge in [0.25, 0.3) is 5.56 Å². The molecule has 3 aromatic rings. The van der Waals surface area contributed by atoms with E-state index in [1.807, 2.05) is 39.8 Å². The molecular weight excluding hydrogens is 433 g/mol. The maximum absolute atomic E-state index is 12.9. The second-order valence-corrected chi connectivity index (χ2v) is 9.32. The predicted molar refractivity (Wildman–Crippen MR) is 125 cm³/mol. The summed E-state index contributed by atoms with van der Waals surface area (Å²) in [5, 5.41) is 3.73. The number of hydrogen-bond donors (Lipinski definition) is 1. The summed E-state index contributed by atoms with van der Waals surface area (Å²) in [5.74, 6) is 0.665. The minimum absolute atomic E-state index is 0.192. The Morgan fingerprint density at radius 3 is 2.28 bits per heavy atom. The van der Waals surface area contributed by atoms with Crippen LogP contribution in [0.3, 0.4) is 0 Å². The normalized spacial score (nSPS) is 17.2. The summed E-state index contributed by atoms with van der Waals surface area (Å²) in [6, 6.07) is 5.42. The first-order chi connectivity index (χ1) is 14.8. The molecule has 32 heavy (non-hydrogen) atoms. The van der Waals surface area contributed by atoms with E-state index in [0.717, 1.165) is 4.57 Å². The largest absolute Gasteiger partial charge is 0.496 e. The third-order valence-corrected chi connectivity index (χ3v) is 6.62. The van der Waals surface area contributed by atoms with Crippen molar-refractivity contribution in [3.8, 4) is 0 Å². The van der Waals surface area contributed by atoms with E-state index < -0.39 is 29.6 Å². The Labute approximate surface area is 190 Å². The van der Waals surface area contributed by atoms with Gasteiger partial charge < -0.3 is 14.6 Å². The molecule has 1 aromatic carbocycles. The maximum Gasteiger partial charge on any atom is 0.496 e. The lowest BCUT2D eigenvalue weighted by Gasteiger charge is -2.32. The van der Waals surface area contributed by atoms with Gasteiger partial charge in [0.15, 0.2) is 5.65 Å². The lowest BCUT2D eigenvalue weighted by atomic mass is 9.79. The average Bonchev–Trinajstić information content (AvgIpc) is 2.92. The first-order valence-electron chi connectivity index (χ1n) is 10.2. The Bertz CT molecular complexity index is 1350. The predicted octanol–water partition coefficient (Wildman–Crippen LogP) is 2.03. The second-order valence-electron chi connectivity index (χ2n) is 8.95. The van der Waals surface area contributed by atoms with Gasteiger partial charge in [-0.15, -0.1) is 0 Å². The van der Waals surface area contributed by atoms with Gasteiger partial charge in [-0.05, 0) is 40.7 Å². The fourth-order valence-electron chi connectivity index (χ4n) is 3.58. The summed E-state index contributed by atoms with van der Waals surface area (Å²) in [6.45, 7) is 9.57. The fraction of sp³-hybridized carbons (Fsp3) is 0.429. The van der Waals surface area contributed by atoms with Gasteiger partial charge in [0.05, 0.1) is 21.9 Å². The van der Waals surface area contributed by atoms with Crippen molar-refractivity contribution in [2.24, 2.45) is 14.1 Å². The van der Waals surface area contributed by atoms with E-state index in [0.29, 0.717) is 22.0 Å². The lowest BCUT2D eigenvalue weighted by Crippen LogP contribution is -2.41. The minimum Gasteiger partial charge on any atom is -0.399 e. The highest BCUT2D eigenvalue weighted by atomic mass is 35.5. The molecule has 1 fully saturated rings. The Balaban J connectivity index is 1.83. The number of hydrogen-bond acceptors (Lipinski definition) is 7. The number of fused-ring (bicyclic) bond motifs is 1. The summed E-state index contributed by atoms with van der Waals surface area (Å²) in [4.78, 5) is 33.9. The van der Waals surface area contributed by atoms with E-state index in [2.05, 4.69) is 15.3 Å². The Morgan fingerprint density at radius 1 is 1.03 bits per heavy atom. The molecule has 0 amide bonds. The highest BCUT2D eigenvalue weighted by molar-refractivity contribution is 6.66. The maximum atomic E-state index is 12.9. The van der Waals surface area contributed by atoms with Crippen molar-refractivity contribution >= 4 is 46.7 Å². The number of benzene rings is 1. The summed E-state index contributed by atoms with van der Waals surface area (Å²) in [6.07, 6.45) is 0. The van der Waals surface area contributed by atoms with Crippen molar-refractivity contribution in [3.63, 3.8) is 0 Å². The zero-order valence-electron chi connectivity index (χ0n) is 19.1. The van der Waals surface area contributed by atoms with E-state index >= 15 is 0 Å². The molecular formula is C21H25BClN5O4. The molecule has 0 unspecified atom stereocenters. The number of halogens is 1. The smallest absolute Gasteiger partial charge is 0.399 e. The molecule has 0 saturated carbocycles. The number of aromatic nitrogens is 4. The lowest BCUT2D eigenvalue weighted by molar-refractivity contribution is 0.00578. The van der Waals surface area contributed by atoms with Crippen LogP contribution < -0.4 is 22.0 Å². The molecule has 3 heterocycles. The summed E-state index contributed by atoms with van der Waals surface area (Å²) in [5.41, 5.74) is -0.564. The molecule has 2 aromatic heterocycles. The molecule has 0 bridgehead atoms. The van der Waals surface area contributed by atoms with Crippen LogP contribution in [0.1, 0.15) is 33.5 Å². The van der Waals surface area contributed by atoms with Gasteiger partial charge >= 0.3 is 12.8 Å². The summed E-state index contributed by atoms with van der Waals surface area (Å²) >= 11 is 6.74. The molecule has 11 heteroatoms. The van der Waals surface area contributed by atoms with Crippen LogP contribution in [0.2, 0.25) is 5.02 Å². The van der Waals surface area contributed by atoms with Crippen LogP contribution in [-0.4, -0.2) is 37.4 Å². The number of anilines is 2. The summed E-state index contributed by atoms with van der Waals surface area (Å²) < 4.78 is 14.6. The highest BCUT2D eigenvalue weighted by Crippen LogP contribution is 2.37. The molecule has 1 aliphatic heterocycles. The molecule has 0 radical (unpaired) electrons. The van der Waals surface area contributed by atoms with Gasteiger partial charge in [-0.1, -0.05) is 23.7 Å². The molecule has 1 N–H and O–H groups in total. The van der Waals surface area contributed by atoms with Crippen LogP contribution in [0.25, 0.3) is 11.0 Å². The number of nitrogens with one attached hydrogen (secondary N) is 1. The Hall–Kier alpha value is -2.69. The van der Waals surface area contributed by atoms with E-state index in [4.69, 9.17) is 20.9 Å². The van der Waals surface area contributed by atoms with Crippen LogP contribution in [0.4, 0.5) is 11.5 Å². The fourth-order valence-corrected chi connectivity index (χ4v) is 3.85. The van der Waals surface area contributed by atoms with Crippen molar-refractivity contribution in [1.82, 2.24) is 19.1 Å². The van der Waals surface area contributed by atoms with Crippen LogP contribution in [0.15, 0.2) is 27.8 Å². The van der Waals surface area contributed by atoms with E-state index in [-0.39, 0.29) is 16.9 Å². The van der Waals surface area contributed by atoms with Gasteiger partial charge in [0, 0.05) is 19.6 Å². The molecule has 4 rings (SSSR count). The molecule has 1 saturated heterocycles. The van der Waals surface area contributed by atoms with Crippen molar-refractivity contribution in [3.05, 3.63) is 49.9 Å². The zero-order valence-corrected chi connectivity index (χ0v) is 19.9. The number of nitrogens with zero attached hydrogens (tertiary/aromatic N) is 4. The van der Waals surface area contributed by atoms with Crippen LogP contribution in [-0.2, 0) is 23.4 Å². The first kappa shape index (κ1) is 22.5. The first-order valence-corrected chi connectivity index (χ1v) is 10.6. The molecule has 0 aliphatic carbocycles. The SMILES string of the molecule is Cc1nc(Nc2cccc(B3OC(C)(C)C(C)(C)O3)c2Cl)c2c(=O)n(C)c(=O)n(C)c2n1. The highest BCUT2D eigenvalue weighted by Gasteiger charge is 2.52. The standard InChI is InChI=1S/C21H25BClN5O4/c1-11-24-16(14-17(25-11)27(6)19(30)28(7)18(14)29)26-13-10-8-9-12(15(13)23)22-31-20(2,3)21(4,5)32-22/h8-10H,1-7H3,(H,24,25,26). The van der Waals surface area contributed by atoms with Crippen molar-refractivity contribution in [2.45, 2.75) is 45.8 Å². The van der Waals surface area contributed by atoms with Crippen molar-refractivity contribution in [1.29, 1.82) is 0 Å². The van der Waals surface area contributed by atoms with Gasteiger partial charge in [0.2, 0.25) is 0 Å². The third kappa shape index (κ3) is 3.42. The van der Waals surface area contributed by atoms with Gasteiger partial charge in [-0.2, -0.15) is 0 Å². The Kier molecular flexibility index (Phi) is 5.23. The van der Waals surface area contributed by atoms with E-state index in [1.165, 1.54) is 11.6 Å². The van der Waals surface area contributed by atoms with Gasteiger partial charge in [-0.25, -0.2) is 14.8 Å². The summed E-state index contributed by atoms with van der Waals surface area (Å²) in [7, 11) is 2.33. The van der Waals surface area contributed by atoms with Crippen molar-refractivity contribution < 1.29 is 9.31 Å². The molecule has 0 atom stereocenters. The van der Waals surface area contributed by atoms with E-state index in [9.17, 15) is 9.59 Å². The zero-order chi connectivity index (χ0) is 23.6. The Morgan fingerprint density at radius 2 is 1.66 bits per heavy atom. The van der Waals surface area contributed by atoms with Gasteiger partial charge in [0.1, 0.15) is 17.0 Å². The third-order valence-electron chi connectivity index (χ3n) is 6.20. The number of aryl methyl sites for hydroxylation is 2. The molecule has 1 aliphatic rings. The number of rotatable bonds is 3. The van der Waals surface area contributed by atoms with Crippen LogP contribution in [0.5, 0.6) is 0 Å². The molecule has 0 spiro atoms. The monoisotopic (exact) mass is 457 g/mol. The van der Waals surface area contributed by atoms with Crippen LogP contribution >= 0.6 is 11.6 Å². The molecule has 9 nitrogen and oxygen atoms in total. The quantitative estimate of drug-likeness (QED) is 0.601.